The van der Waals surface area contributed by atoms with Gasteiger partial charge in [0.2, 0.25) is 0 Å². The topological polar surface area (TPSA) is 27.7 Å². The lowest BCUT2D eigenvalue weighted by Crippen LogP contribution is -2.37. The molecule has 1 atom stereocenters. The molecule has 0 bridgehead atoms. The average molecular weight is 232 g/mol. The van der Waals surface area contributed by atoms with Crippen molar-refractivity contribution in [1.29, 1.82) is 0 Å². The van der Waals surface area contributed by atoms with Crippen molar-refractivity contribution in [1.82, 2.24) is 0 Å². The molecule has 1 aliphatic rings. The number of hydrogen-bond donors (Lipinski definition) is 0. The summed E-state index contributed by atoms with van der Waals surface area (Å²) in [4.78, 5) is 0. The van der Waals surface area contributed by atoms with Gasteiger partial charge in [0.1, 0.15) is 0 Å². The van der Waals surface area contributed by atoms with Gasteiger partial charge in [0.15, 0.2) is 8.32 Å². The third-order valence-electron chi connectivity index (χ3n) is 2.98. The fraction of sp³-hybridized carbons (Fsp3) is 1.00. The lowest BCUT2D eigenvalue weighted by molar-refractivity contribution is 0.0704. The lowest BCUT2D eigenvalue weighted by Gasteiger charge is -2.31. The Balaban J connectivity index is 1.98. The van der Waals surface area contributed by atoms with Gasteiger partial charge in [-0.05, 0) is 31.5 Å². The minimum atomic E-state index is -1.32. The molecule has 0 aromatic rings. The van der Waals surface area contributed by atoms with Gasteiger partial charge in [0.05, 0.1) is 13.2 Å². The molecule has 4 heteroatoms. The Morgan fingerprint density at radius 3 is 2.73 bits per heavy atom. The molecule has 0 radical (unpaired) electrons. The highest BCUT2D eigenvalue weighted by molar-refractivity contribution is 6.72. The van der Waals surface area contributed by atoms with Gasteiger partial charge < -0.3 is 13.9 Å². The summed E-state index contributed by atoms with van der Waals surface area (Å²) in [5, 5.41) is 0. The SMILES string of the molecule is COCCOCCC[Si]1(C)CCCCO1. The van der Waals surface area contributed by atoms with Crippen LogP contribution < -0.4 is 0 Å². The molecular formula is C11H24O3Si. The van der Waals surface area contributed by atoms with E-state index in [1.165, 1.54) is 24.9 Å². The Bertz CT molecular complexity index is 158. The van der Waals surface area contributed by atoms with Gasteiger partial charge in [-0.25, -0.2) is 0 Å². The molecule has 0 spiro atoms. The molecule has 1 aliphatic heterocycles. The van der Waals surface area contributed by atoms with Crippen LogP contribution in [0.5, 0.6) is 0 Å². The van der Waals surface area contributed by atoms with Crippen LogP contribution >= 0.6 is 0 Å². The second-order valence-electron chi connectivity index (χ2n) is 4.46. The van der Waals surface area contributed by atoms with Crippen LogP contribution in [0.25, 0.3) is 0 Å². The molecule has 1 heterocycles. The van der Waals surface area contributed by atoms with E-state index in [4.69, 9.17) is 13.9 Å². The predicted octanol–water partition coefficient (Wildman–Crippen LogP) is 2.43. The van der Waals surface area contributed by atoms with E-state index in [0.29, 0.717) is 6.61 Å². The van der Waals surface area contributed by atoms with Crippen molar-refractivity contribution in [2.75, 3.05) is 33.5 Å². The van der Waals surface area contributed by atoms with E-state index < -0.39 is 8.32 Å². The van der Waals surface area contributed by atoms with Crippen molar-refractivity contribution in [2.45, 2.75) is 37.9 Å². The van der Waals surface area contributed by atoms with Crippen molar-refractivity contribution in [3.8, 4) is 0 Å². The van der Waals surface area contributed by atoms with E-state index in [2.05, 4.69) is 6.55 Å². The summed E-state index contributed by atoms with van der Waals surface area (Å²) < 4.78 is 16.3. The molecule has 1 unspecified atom stereocenters. The fourth-order valence-electron chi connectivity index (χ4n) is 1.98. The Morgan fingerprint density at radius 2 is 2.07 bits per heavy atom. The van der Waals surface area contributed by atoms with Gasteiger partial charge in [0, 0.05) is 20.3 Å². The van der Waals surface area contributed by atoms with E-state index in [-0.39, 0.29) is 0 Å². The standard InChI is InChI=1S/C11H24O3Si/c1-12-8-9-13-6-5-11-15(2)10-4-3-7-14-15/h3-11H2,1-2H3. The maximum atomic E-state index is 5.95. The van der Waals surface area contributed by atoms with Crippen LogP contribution in [0.3, 0.4) is 0 Å². The molecule has 1 fully saturated rings. The quantitative estimate of drug-likeness (QED) is 0.498. The van der Waals surface area contributed by atoms with Crippen LogP contribution in [0.4, 0.5) is 0 Å². The van der Waals surface area contributed by atoms with Crippen LogP contribution in [-0.2, 0) is 13.9 Å². The molecule has 90 valence electrons. The molecule has 0 aromatic carbocycles. The van der Waals surface area contributed by atoms with Crippen LogP contribution in [-0.4, -0.2) is 41.9 Å². The monoisotopic (exact) mass is 232 g/mol. The van der Waals surface area contributed by atoms with Gasteiger partial charge in [-0.1, -0.05) is 6.42 Å². The lowest BCUT2D eigenvalue weighted by atomic mass is 10.4. The van der Waals surface area contributed by atoms with E-state index in [9.17, 15) is 0 Å². The summed E-state index contributed by atoms with van der Waals surface area (Å²) in [6.07, 6.45) is 3.77. The molecular weight excluding hydrogens is 208 g/mol. The molecule has 0 aromatic heterocycles. The van der Waals surface area contributed by atoms with Crippen LogP contribution in [0.15, 0.2) is 0 Å². The molecule has 3 nitrogen and oxygen atoms in total. The maximum Gasteiger partial charge on any atom is 0.189 e. The van der Waals surface area contributed by atoms with Crippen molar-refractivity contribution in [3.05, 3.63) is 0 Å². The number of hydrogen-bond acceptors (Lipinski definition) is 3. The number of ether oxygens (including phenoxy) is 2. The molecule has 15 heavy (non-hydrogen) atoms. The van der Waals surface area contributed by atoms with Gasteiger partial charge in [-0.2, -0.15) is 0 Å². The minimum absolute atomic E-state index is 0.700. The highest BCUT2D eigenvalue weighted by Gasteiger charge is 2.30. The Hall–Kier alpha value is 0.0969. The molecule has 0 aliphatic carbocycles. The summed E-state index contributed by atoms with van der Waals surface area (Å²) in [6.45, 7) is 5.63. The van der Waals surface area contributed by atoms with Gasteiger partial charge in [-0.15, -0.1) is 0 Å². The van der Waals surface area contributed by atoms with Crippen LogP contribution in [0.1, 0.15) is 19.3 Å². The second kappa shape index (κ2) is 7.38. The first-order chi connectivity index (χ1) is 7.27. The van der Waals surface area contributed by atoms with Gasteiger partial charge >= 0.3 is 0 Å². The number of rotatable bonds is 7. The van der Waals surface area contributed by atoms with Crippen LogP contribution in [0, 0.1) is 0 Å². The van der Waals surface area contributed by atoms with E-state index in [0.717, 1.165) is 26.2 Å². The summed E-state index contributed by atoms with van der Waals surface area (Å²) in [5.41, 5.74) is 0. The molecule has 0 amide bonds. The summed E-state index contributed by atoms with van der Waals surface area (Å²) in [7, 11) is 0.385. The molecule has 0 N–H and O–H groups in total. The van der Waals surface area contributed by atoms with Crippen molar-refractivity contribution < 1.29 is 13.9 Å². The average Bonchev–Trinajstić information content (AvgIpc) is 2.24. The van der Waals surface area contributed by atoms with Gasteiger partial charge in [0.25, 0.3) is 0 Å². The summed E-state index contributed by atoms with van der Waals surface area (Å²) in [6, 6.07) is 2.59. The Labute approximate surface area is 94.2 Å². The second-order valence-corrected chi connectivity index (χ2v) is 8.65. The number of methoxy groups -OCH3 is 1. The largest absolute Gasteiger partial charge is 0.417 e. The first-order valence-corrected chi connectivity index (χ1v) is 8.80. The maximum absolute atomic E-state index is 5.95. The molecule has 1 rings (SSSR count). The zero-order valence-electron chi connectivity index (χ0n) is 10.1. The van der Waals surface area contributed by atoms with E-state index in [1.54, 1.807) is 7.11 Å². The highest BCUT2D eigenvalue weighted by Crippen LogP contribution is 2.26. The molecule has 0 saturated carbocycles. The summed E-state index contributed by atoms with van der Waals surface area (Å²) >= 11 is 0. The third-order valence-corrected chi connectivity index (χ3v) is 6.70. The normalized spacial score (nSPS) is 26.8. The zero-order chi connectivity index (χ0) is 11.0. The van der Waals surface area contributed by atoms with Gasteiger partial charge in [-0.3, -0.25) is 0 Å². The summed E-state index contributed by atoms with van der Waals surface area (Å²) in [5.74, 6) is 0. The first kappa shape index (κ1) is 13.2. The predicted molar refractivity (Wildman–Crippen MR) is 63.7 cm³/mol. The zero-order valence-corrected chi connectivity index (χ0v) is 11.1. The highest BCUT2D eigenvalue weighted by atomic mass is 28.4. The van der Waals surface area contributed by atoms with E-state index in [1.807, 2.05) is 0 Å². The van der Waals surface area contributed by atoms with Crippen molar-refractivity contribution in [3.63, 3.8) is 0 Å². The van der Waals surface area contributed by atoms with Crippen molar-refractivity contribution >= 4 is 8.32 Å². The smallest absolute Gasteiger partial charge is 0.189 e. The fourth-order valence-corrected chi connectivity index (χ4v) is 5.05. The van der Waals surface area contributed by atoms with Crippen LogP contribution in [0.2, 0.25) is 18.6 Å². The van der Waals surface area contributed by atoms with E-state index >= 15 is 0 Å². The minimum Gasteiger partial charge on any atom is -0.417 e. The Morgan fingerprint density at radius 1 is 1.20 bits per heavy atom. The Kier molecular flexibility index (Phi) is 6.48. The molecule has 1 saturated heterocycles. The first-order valence-electron chi connectivity index (χ1n) is 5.97. The van der Waals surface area contributed by atoms with Crippen molar-refractivity contribution in [2.24, 2.45) is 0 Å². The third kappa shape index (κ3) is 5.66.